The van der Waals surface area contributed by atoms with Crippen LogP contribution >= 0.6 is 0 Å². The van der Waals surface area contributed by atoms with E-state index in [2.05, 4.69) is 20.8 Å². The van der Waals surface area contributed by atoms with E-state index in [1.807, 2.05) is 0 Å². The normalized spacial score (nSPS) is 11.1. The molecule has 0 nitrogen and oxygen atoms in total. The molecule has 0 fully saturated rings. The van der Waals surface area contributed by atoms with Gasteiger partial charge in [-0.15, -0.1) is 0 Å². The van der Waals surface area contributed by atoms with Crippen LogP contribution in [-0.4, -0.2) is 43.7 Å². The van der Waals surface area contributed by atoms with E-state index in [1.54, 1.807) is 32.6 Å². The van der Waals surface area contributed by atoms with Gasteiger partial charge in [0.2, 0.25) is 0 Å². The molecular weight excluding hydrogens is 526 g/mol. The molecule has 0 aromatic carbocycles. The Morgan fingerprint density at radius 1 is 0.346 bits per heavy atom. The fourth-order valence-electron chi connectivity index (χ4n) is 3.84. The van der Waals surface area contributed by atoms with E-state index in [9.17, 15) is 0 Å². The second-order valence-electron chi connectivity index (χ2n) is 8.30. The van der Waals surface area contributed by atoms with Crippen LogP contribution in [0, 0.1) is 0 Å². The summed E-state index contributed by atoms with van der Waals surface area (Å²) in [7, 11) is 0. The van der Waals surface area contributed by atoms with Crippen LogP contribution < -0.4 is 0 Å². The zero-order chi connectivity index (χ0) is 18.4. The molecule has 26 heavy (non-hydrogen) atoms. The van der Waals surface area contributed by atoms with Gasteiger partial charge >= 0.3 is 193 Å². The summed E-state index contributed by atoms with van der Waals surface area (Å²) >= 11 is -1.02. The molecule has 0 saturated carbocycles. The molecule has 0 aromatic heterocycles. The third kappa shape index (κ3) is 23.6. The summed E-state index contributed by atoms with van der Waals surface area (Å²) in [4.78, 5) is 0. The van der Waals surface area contributed by atoms with E-state index < -0.39 is 19.8 Å². The number of unbranched alkanes of at least 4 members (excludes halogenated alkanes) is 15. The third-order valence-electron chi connectivity index (χ3n) is 5.65. The molecule has 156 valence electrons. The van der Waals surface area contributed by atoms with Gasteiger partial charge in [-0.25, -0.2) is 0 Å². The molecule has 4 radical (unpaired) electrons. The van der Waals surface area contributed by atoms with Crippen LogP contribution in [0.4, 0.5) is 0 Å². The van der Waals surface area contributed by atoms with Gasteiger partial charge in [-0.2, -0.15) is 0 Å². The first-order valence-electron chi connectivity index (χ1n) is 12.2. The second-order valence-corrected chi connectivity index (χ2v) is 16.9. The molecule has 0 heterocycles. The van der Waals surface area contributed by atoms with Crippen molar-refractivity contribution in [1.82, 2.24) is 0 Å². The number of hydrogen-bond acceptors (Lipinski definition) is 0. The topological polar surface area (TPSA) is 0 Å². The molecule has 0 aliphatic carbocycles. The molecule has 0 bridgehead atoms. The van der Waals surface area contributed by atoms with E-state index in [0.29, 0.717) is 0 Å². The van der Waals surface area contributed by atoms with Gasteiger partial charge in [0.05, 0.1) is 0 Å². The van der Waals surface area contributed by atoms with E-state index in [1.165, 1.54) is 96.3 Å². The molecule has 2 heteroatoms. The molecule has 0 amide bonds. The standard InChI is InChI=1S/3C8H17.2Sn.H/c3*1-3-5-7-8-6-4-2;;;/h3*1,3-8H2,2H3;;;. The zero-order valence-electron chi connectivity index (χ0n) is 18.9. The maximum absolute atomic E-state index is 2.33. The summed E-state index contributed by atoms with van der Waals surface area (Å²) in [6.45, 7) is 6.98. The molecule has 0 aliphatic rings. The summed E-state index contributed by atoms with van der Waals surface area (Å²) in [5, 5.41) is 0. The monoisotopic (exact) mass is 580 g/mol. The summed E-state index contributed by atoms with van der Waals surface area (Å²) < 4.78 is 5.16. The van der Waals surface area contributed by atoms with Gasteiger partial charge in [0.25, 0.3) is 0 Å². The minimum absolute atomic E-state index is 0. The van der Waals surface area contributed by atoms with E-state index in [0.717, 1.165) is 0 Å². The van der Waals surface area contributed by atoms with Crippen molar-refractivity contribution in [1.29, 1.82) is 0 Å². The summed E-state index contributed by atoms with van der Waals surface area (Å²) in [6, 6.07) is 0. The quantitative estimate of drug-likeness (QED) is 0.0943. The van der Waals surface area contributed by atoms with Gasteiger partial charge in [0.15, 0.2) is 0 Å². The van der Waals surface area contributed by atoms with Crippen molar-refractivity contribution in [2.24, 2.45) is 0 Å². The van der Waals surface area contributed by atoms with Crippen LogP contribution in [0.2, 0.25) is 13.3 Å². The van der Waals surface area contributed by atoms with Crippen molar-refractivity contribution < 1.29 is 0 Å². The van der Waals surface area contributed by atoms with Crippen LogP contribution in [-0.2, 0) is 0 Å². The van der Waals surface area contributed by atoms with Gasteiger partial charge in [-0.1, -0.05) is 0 Å². The summed E-state index contributed by atoms with van der Waals surface area (Å²) in [6.07, 6.45) is 26.9. The average Bonchev–Trinajstić information content (AvgIpc) is 2.63. The molecule has 0 saturated heterocycles. The van der Waals surface area contributed by atoms with Crippen LogP contribution in [0.3, 0.4) is 0 Å². The zero-order valence-corrected chi connectivity index (χ0v) is 25.1. The summed E-state index contributed by atoms with van der Waals surface area (Å²) in [5.74, 6) is 0. The van der Waals surface area contributed by atoms with Gasteiger partial charge in [-0.05, 0) is 0 Å². The van der Waals surface area contributed by atoms with Gasteiger partial charge in [-0.3, -0.25) is 0 Å². The fourth-order valence-corrected chi connectivity index (χ4v) is 12.4. The fraction of sp³-hybridized carbons (Fsp3) is 1.00. The van der Waals surface area contributed by atoms with Crippen molar-refractivity contribution in [3.8, 4) is 0 Å². The predicted molar refractivity (Wildman–Crippen MR) is 127 cm³/mol. The first kappa shape index (κ1) is 29.8. The van der Waals surface area contributed by atoms with Crippen molar-refractivity contribution in [2.45, 2.75) is 150 Å². The van der Waals surface area contributed by atoms with Crippen molar-refractivity contribution in [3.05, 3.63) is 0 Å². The van der Waals surface area contributed by atoms with E-state index in [4.69, 9.17) is 0 Å². The van der Waals surface area contributed by atoms with Crippen LogP contribution in [0.25, 0.3) is 0 Å². The molecule has 0 unspecified atom stereocenters. The summed E-state index contributed by atoms with van der Waals surface area (Å²) in [5.41, 5.74) is 0. The Morgan fingerprint density at radius 3 is 0.846 bits per heavy atom. The SMILES string of the molecule is CCCCCCC[CH2][Sn]([CH2]CCCCCCC)[CH2]CCCCCCC.[SnH]. The Hall–Kier alpha value is 1.60. The second kappa shape index (κ2) is 26.6. The molecule has 0 aliphatic heterocycles. The molecule has 0 aromatic rings. The van der Waals surface area contributed by atoms with Crippen LogP contribution in [0.1, 0.15) is 136 Å². The van der Waals surface area contributed by atoms with Crippen LogP contribution in [0.15, 0.2) is 0 Å². The Bertz CT molecular complexity index is 192. The molecule has 0 N–H and O–H groups in total. The maximum atomic E-state index is 2.33. The van der Waals surface area contributed by atoms with Gasteiger partial charge < -0.3 is 0 Å². The first-order chi connectivity index (χ1) is 12.3. The molecule has 0 spiro atoms. The van der Waals surface area contributed by atoms with E-state index >= 15 is 0 Å². The number of rotatable bonds is 21. The Labute approximate surface area is 192 Å². The Balaban J connectivity index is 0. The van der Waals surface area contributed by atoms with Gasteiger partial charge in [0.1, 0.15) is 0 Å². The molecule has 0 atom stereocenters. The average molecular weight is 578 g/mol. The Kier molecular flexibility index (Phi) is 30.5. The predicted octanol–water partition coefficient (Wildman–Crippen LogP) is 8.91. The van der Waals surface area contributed by atoms with Crippen molar-refractivity contribution in [2.75, 3.05) is 0 Å². The van der Waals surface area contributed by atoms with Crippen molar-refractivity contribution >= 4 is 43.7 Å². The van der Waals surface area contributed by atoms with Crippen LogP contribution in [0.5, 0.6) is 0 Å². The molecular formula is C24H52Sn2. The van der Waals surface area contributed by atoms with Crippen molar-refractivity contribution in [3.63, 3.8) is 0 Å². The Morgan fingerprint density at radius 2 is 0.577 bits per heavy atom. The number of hydrogen-bond donors (Lipinski definition) is 0. The third-order valence-corrected chi connectivity index (χ3v) is 14.7. The van der Waals surface area contributed by atoms with E-state index in [-0.39, 0.29) is 23.9 Å². The molecule has 0 rings (SSSR count). The minimum atomic E-state index is -1.02. The first-order valence-corrected chi connectivity index (χ1v) is 18.2. The van der Waals surface area contributed by atoms with Gasteiger partial charge in [0, 0.05) is 0 Å².